The average Bonchev–Trinajstić information content (AvgIpc) is 3.57. The first-order valence-corrected chi connectivity index (χ1v) is 13.4. The zero-order valence-electron chi connectivity index (χ0n) is 21.0. The fourth-order valence-corrected chi connectivity index (χ4v) is 5.35. The molecule has 3 aliphatic rings. The number of hydrogen-bond donors (Lipinski definition) is 1. The summed E-state index contributed by atoms with van der Waals surface area (Å²) >= 11 is 0. The van der Waals surface area contributed by atoms with E-state index in [0.29, 0.717) is 37.3 Å². The lowest BCUT2D eigenvalue weighted by molar-refractivity contribution is -0.115. The molecule has 5 rings (SSSR count). The zero-order valence-corrected chi connectivity index (χ0v) is 21.0. The van der Waals surface area contributed by atoms with Crippen LogP contribution in [0.5, 0.6) is 0 Å². The number of carbonyl (C=O) groups excluding carboxylic acids is 1. The van der Waals surface area contributed by atoms with E-state index in [1.54, 1.807) is 0 Å². The summed E-state index contributed by atoms with van der Waals surface area (Å²) in [6, 6.07) is 7.00. The molecule has 2 aromatic rings. The summed E-state index contributed by atoms with van der Waals surface area (Å²) in [5.74, 6) is 0.540. The Balaban J connectivity index is 1.26. The lowest BCUT2D eigenvalue weighted by Crippen LogP contribution is -2.51. The third kappa shape index (κ3) is 5.83. The van der Waals surface area contributed by atoms with Crippen LogP contribution in [0.2, 0.25) is 0 Å². The molecule has 1 aromatic carbocycles. The van der Waals surface area contributed by atoms with Gasteiger partial charge in [-0.3, -0.25) is 19.4 Å². The van der Waals surface area contributed by atoms with Crippen LogP contribution >= 0.6 is 0 Å². The fourth-order valence-electron chi connectivity index (χ4n) is 5.35. The highest BCUT2D eigenvalue weighted by molar-refractivity contribution is 6.45. The summed E-state index contributed by atoms with van der Waals surface area (Å²) < 4.78 is 15.2. The second-order valence-corrected chi connectivity index (χ2v) is 10.7. The molecule has 1 aliphatic heterocycles. The van der Waals surface area contributed by atoms with Gasteiger partial charge in [0.15, 0.2) is 0 Å². The molecule has 7 heteroatoms. The Morgan fingerprint density at radius 2 is 1.91 bits per heavy atom. The number of aromatic nitrogens is 2. The minimum absolute atomic E-state index is 0.0705. The Morgan fingerprint density at radius 1 is 1.14 bits per heavy atom. The molecule has 0 spiro atoms. The van der Waals surface area contributed by atoms with E-state index in [4.69, 9.17) is 4.99 Å². The molecule has 2 heterocycles. The van der Waals surface area contributed by atoms with Gasteiger partial charge in [-0.1, -0.05) is 19.1 Å². The molecule has 2 saturated carbocycles. The van der Waals surface area contributed by atoms with Crippen LogP contribution in [0, 0.1) is 12.8 Å². The monoisotopic (exact) mass is 479 g/mol. The van der Waals surface area contributed by atoms with Crippen molar-refractivity contribution >= 4 is 11.6 Å². The van der Waals surface area contributed by atoms with Crippen LogP contribution in [0.1, 0.15) is 69.0 Å². The number of nitrogens with zero attached hydrogens (tertiary/aromatic N) is 4. The van der Waals surface area contributed by atoms with E-state index in [-0.39, 0.29) is 11.9 Å². The molecule has 1 N–H and O–H groups in total. The first kappa shape index (κ1) is 24.2. The van der Waals surface area contributed by atoms with Gasteiger partial charge in [-0.05, 0) is 75.0 Å². The van der Waals surface area contributed by atoms with Crippen molar-refractivity contribution in [1.29, 1.82) is 0 Å². The van der Waals surface area contributed by atoms with Gasteiger partial charge in [0.2, 0.25) is 0 Å². The van der Waals surface area contributed by atoms with E-state index in [9.17, 15) is 9.18 Å². The van der Waals surface area contributed by atoms with Crippen molar-refractivity contribution in [3.05, 3.63) is 41.7 Å². The van der Waals surface area contributed by atoms with Crippen molar-refractivity contribution in [2.24, 2.45) is 10.9 Å². The molecular weight excluding hydrogens is 441 g/mol. The second-order valence-electron chi connectivity index (χ2n) is 10.7. The van der Waals surface area contributed by atoms with Crippen molar-refractivity contribution in [3.8, 4) is 11.1 Å². The maximum absolute atomic E-state index is 13.5. The lowest BCUT2D eigenvalue weighted by Gasteiger charge is -2.39. The highest BCUT2D eigenvalue weighted by atomic mass is 19.1. The number of carbonyl (C=O) groups is 1. The second kappa shape index (κ2) is 10.6. The minimum Gasteiger partial charge on any atom is -0.348 e. The van der Waals surface area contributed by atoms with Crippen molar-refractivity contribution in [3.63, 3.8) is 0 Å². The Hall–Kier alpha value is -2.54. The third-order valence-electron chi connectivity index (χ3n) is 7.67. The highest BCUT2D eigenvalue weighted by Gasteiger charge is 2.31. The Labute approximate surface area is 208 Å². The molecule has 0 bridgehead atoms. The normalized spacial score (nSPS) is 23.8. The van der Waals surface area contributed by atoms with E-state index in [1.807, 2.05) is 13.1 Å². The number of alkyl halides is 1. The standard InChI is InChI=1S/C28H38FN5O/c1-3-12-30-27(28(35)32-24-8-5-20(6-9-24)15-33-17-23(29)18-33)26-13-21(7-4-19(26)2)22-14-31-34(16-22)25-10-11-25/h4,7,13-14,16,20,23-25H,3,5-6,8-12,15,17-18H2,1-2H3,(H,32,35). The molecule has 0 radical (unpaired) electrons. The highest BCUT2D eigenvalue weighted by Crippen LogP contribution is 2.35. The van der Waals surface area contributed by atoms with E-state index >= 15 is 0 Å². The van der Waals surface area contributed by atoms with Crippen LogP contribution in [0.15, 0.2) is 35.6 Å². The number of halogens is 1. The summed E-state index contributed by atoms with van der Waals surface area (Å²) in [5.41, 5.74) is 4.64. The number of nitrogens with one attached hydrogen (secondary N) is 1. The molecule has 1 saturated heterocycles. The number of likely N-dealkylation sites (tertiary alicyclic amines) is 1. The number of aliphatic imine (C=N–C) groups is 1. The van der Waals surface area contributed by atoms with E-state index < -0.39 is 6.17 Å². The maximum Gasteiger partial charge on any atom is 0.270 e. The SMILES string of the molecule is CCCN=C(C(=O)NC1CCC(CN2CC(F)C2)CC1)c1cc(-c2cnn(C3CC3)c2)ccc1C. The maximum atomic E-state index is 13.5. The summed E-state index contributed by atoms with van der Waals surface area (Å²) in [7, 11) is 0. The van der Waals surface area contributed by atoms with Crippen molar-refractivity contribution in [1.82, 2.24) is 20.0 Å². The molecule has 2 aliphatic carbocycles. The topological polar surface area (TPSA) is 62.5 Å². The van der Waals surface area contributed by atoms with Gasteiger partial charge in [0, 0.05) is 49.5 Å². The first-order chi connectivity index (χ1) is 17.0. The molecular formula is C28H38FN5O. The van der Waals surface area contributed by atoms with Gasteiger partial charge < -0.3 is 5.32 Å². The van der Waals surface area contributed by atoms with Gasteiger partial charge in [-0.15, -0.1) is 0 Å². The Bertz CT molecular complexity index is 1060. The van der Waals surface area contributed by atoms with Crippen LogP contribution in [0.4, 0.5) is 4.39 Å². The molecule has 6 nitrogen and oxygen atoms in total. The van der Waals surface area contributed by atoms with Gasteiger partial charge in [0.1, 0.15) is 11.9 Å². The largest absolute Gasteiger partial charge is 0.348 e. The van der Waals surface area contributed by atoms with Crippen molar-refractivity contribution in [2.75, 3.05) is 26.2 Å². The smallest absolute Gasteiger partial charge is 0.270 e. The van der Waals surface area contributed by atoms with Crippen molar-refractivity contribution < 1.29 is 9.18 Å². The van der Waals surface area contributed by atoms with Crippen molar-refractivity contribution in [2.45, 2.75) is 77.0 Å². The van der Waals surface area contributed by atoms with E-state index in [0.717, 1.165) is 60.9 Å². The van der Waals surface area contributed by atoms with Gasteiger partial charge >= 0.3 is 0 Å². The minimum atomic E-state index is -0.636. The van der Waals surface area contributed by atoms with Crippen LogP contribution in [0.25, 0.3) is 11.1 Å². The summed E-state index contributed by atoms with van der Waals surface area (Å²) in [6.45, 7) is 6.93. The van der Waals surface area contributed by atoms with E-state index in [2.05, 4.69) is 51.3 Å². The Morgan fingerprint density at radius 3 is 2.60 bits per heavy atom. The van der Waals surface area contributed by atoms with Crippen LogP contribution in [-0.2, 0) is 4.79 Å². The quantitative estimate of drug-likeness (QED) is 0.530. The number of hydrogen-bond acceptors (Lipinski definition) is 4. The molecule has 0 unspecified atom stereocenters. The van der Waals surface area contributed by atoms with Crippen LogP contribution < -0.4 is 5.32 Å². The molecule has 3 fully saturated rings. The van der Waals surface area contributed by atoms with E-state index in [1.165, 1.54) is 12.8 Å². The van der Waals surface area contributed by atoms with Crippen LogP contribution in [0.3, 0.4) is 0 Å². The molecule has 1 amide bonds. The summed E-state index contributed by atoms with van der Waals surface area (Å²) in [6.07, 6.45) is 10.8. The molecule has 188 valence electrons. The number of amides is 1. The van der Waals surface area contributed by atoms with Crippen LogP contribution in [-0.4, -0.2) is 64.7 Å². The third-order valence-corrected chi connectivity index (χ3v) is 7.67. The van der Waals surface area contributed by atoms with Gasteiger partial charge in [0.05, 0.1) is 12.2 Å². The average molecular weight is 480 g/mol. The predicted molar refractivity (Wildman–Crippen MR) is 138 cm³/mol. The number of aryl methyl sites for hydroxylation is 1. The Kier molecular flexibility index (Phi) is 7.32. The number of benzene rings is 1. The first-order valence-electron chi connectivity index (χ1n) is 13.4. The molecule has 35 heavy (non-hydrogen) atoms. The van der Waals surface area contributed by atoms with Gasteiger partial charge in [-0.25, -0.2) is 4.39 Å². The number of rotatable bonds is 9. The lowest BCUT2D eigenvalue weighted by atomic mass is 9.85. The summed E-state index contributed by atoms with van der Waals surface area (Å²) in [4.78, 5) is 20.4. The van der Waals surface area contributed by atoms with Gasteiger partial charge in [-0.2, -0.15) is 5.10 Å². The molecule has 1 aromatic heterocycles. The zero-order chi connectivity index (χ0) is 24.4. The molecule has 0 atom stereocenters. The summed E-state index contributed by atoms with van der Waals surface area (Å²) in [5, 5.41) is 7.83. The predicted octanol–water partition coefficient (Wildman–Crippen LogP) is 4.72. The fraction of sp³-hybridized carbons (Fsp3) is 0.607. The van der Waals surface area contributed by atoms with Gasteiger partial charge in [0.25, 0.3) is 5.91 Å².